The third kappa shape index (κ3) is 14.3. The Balaban J connectivity index is 0.894. The Morgan fingerprint density at radius 1 is 0.270 bits per heavy atom. The molecular weight excluding hydrogens is 1350 g/mol. The number of rotatable bonds is 44. The fourth-order valence-electron chi connectivity index (χ4n) is 15.9. The normalized spacial score (nSPS) is 12.6. The van der Waals surface area contributed by atoms with Crippen LogP contribution in [0, 0.1) is 0 Å². The Hall–Kier alpha value is -5.56. The first-order valence-corrected chi connectivity index (χ1v) is 42.5. The van der Waals surface area contributed by atoms with Crippen molar-refractivity contribution in [3.63, 3.8) is 0 Å². The molecule has 0 bridgehead atoms. The Labute approximate surface area is 612 Å². The molecule has 15 rings (SSSR count). The number of thiophene rings is 6. The molecule has 0 spiro atoms. The van der Waals surface area contributed by atoms with Crippen molar-refractivity contribution in [2.24, 2.45) is 0 Å². The average molecular weight is 1450 g/mol. The molecule has 524 valence electrons. The van der Waals surface area contributed by atoms with Gasteiger partial charge in [-0.25, -0.2) is 0 Å². The van der Waals surface area contributed by atoms with E-state index in [9.17, 15) is 0 Å². The number of benzene rings is 9. The highest BCUT2D eigenvalue weighted by atomic mass is 32.1. The Morgan fingerprint density at radius 3 is 0.990 bits per heavy atom. The molecule has 6 aromatic heterocycles. The quantitative estimate of drug-likeness (QED) is 0.0212. The van der Waals surface area contributed by atoms with Gasteiger partial charge in [0.25, 0.3) is 0 Å². The fraction of sp³-hybridized carbons (Fsp3) is 0.442. The van der Waals surface area contributed by atoms with E-state index in [1.165, 1.54) is 274 Å². The molecule has 0 radical (unpaired) electrons. The fourth-order valence-corrected chi connectivity index (χ4v) is 23.0. The van der Waals surface area contributed by atoms with Gasteiger partial charge < -0.3 is 37.9 Å². The molecule has 100 heavy (non-hydrogen) atoms. The summed E-state index contributed by atoms with van der Waals surface area (Å²) in [6.07, 6.45) is 29.2. The molecule has 0 saturated heterocycles. The van der Waals surface area contributed by atoms with Gasteiger partial charge in [-0.15, -0.1) is 68.0 Å². The van der Waals surface area contributed by atoms with E-state index >= 15 is 0 Å². The molecule has 6 heterocycles. The molecule has 0 amide bonds. The Bertz CT molecular complexity index is 4810. The summed E-state index contributed by atoms with van der Waals surface area (Å²) in [5, 5.41) is 30.7. The summed E-state index contributed by atoms with van der Waals surface area (Å²) in [5.41, 5.74) is 2.39. The van der Waals surface area contributed by atoms with Crippen LogP contribution in [0.1, 0.15) is 152 Å². The van der Waals surface area contributed by atoms with E-state index in [1.54, 1.807) is 24.0 Å². The van der Waals surface area contributed by atoms with Gasteiger partial charge in [0, 0.05) is 159 Å². The second-order valence-electron chi connectivity index (χ2n) is 27.5. The van der Waals surface area contributed by atoms with E-state index in [0.29, 0.717) is 79.3 Å². The molecule has 0 aliphatic rings. The molecule has 0 N–H and O–H groups in total. The lowest BCUT2D eigenvalue weighted by molar-refractivity contribution is 0.0180. The summed E-state index contributed by atoms with van der Waals surface area (Å²) in [4.78, 5) is 5.61. The zero-order chi connectivity index (χ0) is 67.7. The van der Waals surface area contributed by atoms with Crippen LogP contribution in [0.5, 0.6) is 11.5 Å². The van der Waals surface area contributed by atoms with Gasteiger partial charge in [-0.1, -0.05) is 129 Å². The number of hydrogen-bond acceptors (Lipinski definition) is 14. The Morgan fingerprint density at radius 2 is 0.590 bits per heavy atom. The van der Waals surface area contributed by atoms with Crippen molar-refractivity contribution in [2.75, 3.05) is 93.5 Å². The smallest absolute Gasteiger partial charge is 0.119 e. The van der Waals surface area contributed by atoms with Crippen LogP contribution in [0.2, 0.25) is 0 Å². The van der Waals surface area contributed by atoms with E-state index in [4.69, 9.17) is 37.9 Å². The van der Waals surface area contributed by atoms with Crippen LogP contribution < -0.4 is 9.47 Å². The van der Waals surface area contributed by atoms with Crippen molar-refractivity contribution in [3.05, 3.63) is 105 Å². The number of fused-ring (bicyclic) bond motifs is 18. The molecule has 0 aliphatic heterocycles. The van der Waals surface area contributed by atoms with Crippen LogP contribution >= 0.6 is 68.0 Å². The summed E-state index contributed by atoms with van der Waals surface area (Å²) < 4.78 is 54.3. The first kappa shape index (κ1) is 70.1. The Kier molecular flexibility index (Phi) is 23.5. The summed E-state index contributed by atoms with van der Waals surface area (Å²) in [6.45, 7) is 11.0. The van der Waals surface area contributed by atoms with E-state index in [-0.39, 0.29) is 0 Å². The van der Waals surface area contributed by atoms with Gasteiger partial charge in [0.15, 0.2) is 0 Å². The monoisotopic (exact) mass is 1450 g/mol. The number of methoxy groups -OCH3 is 2. The molecule has 0 fully saturated rings. The highest BCUT2D eigenvalue weighted by Gasteiger charge is 2.34. The van der Waals surface area contributed by atoms with Gasteiger partial charge in [0.05, 0.1) is 66.1 Å². The molecule has 0 saturated carbocycles. The topological polar surface area (TPSA) is 73.8 Å². The summed E-state index contributed by atoms with van der Waals surface area (Å²) >= 11 is 12.1. The van der Waals surface area contributed by atoms with Crippen LogP contribution in [-0.2, 0) is 41.3 Å². The van der Waals surface area contributed by atoms with E-state index in [1.807, 2.05) is 45.3 Å². The van der Waals surface area contributed by atoms with Gasteiger partial charge in [-0.05, 0) is 132 Å². The standard InChI is InChI=1S/C86H96O8S6/c1-5-7-9-11-13-15-17-19-21-23-25-59-51-63-69-64-52-60(26-24-22-20-18-16-14-12-10-8-6-2)98-85(64)79-77-73(69)75-71(83(63)97-59)61-35-49-96-82(61)80-78(75)74-70(66-54-68(100-86(66)80)56-29-33-58(34-30-56)94-48-46-92-44-42-90-40-38-88-4)65-53-67(99-84(65)72(76(74)77)62-36-50-95-81(62)79)55-27-31-57(32-28-55)93-47-45-91-43-41-89-39-37-87-3/h27-36,49-54H,5-26,37-48H2,1-4H3. The van der Waals surface area contributed by atoms with Crippen LogP contribution in [0.4, 0.5) is 0 Å². The summed E-state index contributed by atoms with van der Waals surface area (Å²) in [7, 11) is 3.37. The lowest BCUT2D eigenvalue weighted by Crippen LogP contribution is -2.12. The lowest BCUT2D eigenvalue weighted by atomic mass is 9.79. The maximum absolute atomic E-state index is 6.28. The maximum atomic E-state index is 6.28. The maximum Gasteiger partial charge on any atom is 0.119 e. The predicted molar refractivity (Wildman–Crippen MR) is 437 cm³/mol. The van der Waals surface area contributed by atoms with Crippen LogP contribution in [-0.4, -0.2) is 93.5 Å². The van der Waals surface area contributed by atoms with Crippen molar-refractivity contribution >= 4 is 193 Å². The third-order valence-electron chi connectivity index (χ3n) is 20.8. The van der Waals surface area contributed by atoms with Gasteiger partial charge in [0.1, 0.15) is 24.7 Å². The number of hydrogen-bond donors (Lipinski definition) is 0. The number of aryl methyl sites for hydroxylation is 2. The van der Waals surface area contributed by atoms with Crippen molar-refractivity contribution in [1.29, 1.82) is 0 Å². The summed E-state index contributed by atoms with van der Waals surface area (Å²) in [6, 6.07) is 33.0. The van der Waals surface area contributed by atoms with Crippen molar-refractivity contribution < 1.29 is 37.9 Å². The highest BCUT2D eigenvalue weighted by molar-refractivity contribution is 7.26. The minimum Gasteiger partial charge on any atom is -0.491 e. The molecule has 0 atom stereocenters. The van der Waals surface area contributed by atoms with Crippen LogP contribution in [0.25, 0.3) is 146 Å². The van der Waals surface area contributed by atoms with Gasteiger partial charge >= 0.3 is 0 Å². The number of unbranched alkanes of at least 4 members (excludes halogenated alkanes) is 18. The molecule has 8 nitrogen and oxygen atoms in total. The van der Waals surface area contributed by atoms with Crippen molar-refractivity contribution in [3.8, 4) is 32.4 Å². The minimum absolute atomic E-state index is 0.466. The van der Waals surface area contributed by atoms with Crippen molar-refractivity contribution in [1.82, 2.24) is 0 Å². The van der Waals surface area contributed by atoms with Crippen LogP contribution in [0.3, 0.4) is 0 Å². The summed E-state index contributed by atoms with van der Waals surface area (Å²) in [5.74, 6) is 1.67. The largest absolute Gasteiger partial charge is 0.491 e. The lowest BCUT2D eigenvalue weighted by Gasteiger charge is -2.24. The molecule has 9 aromatic carbocycles. The molecule has 0 aliphatic carbocycles. The second-order valence-corrected chi connectivity index (χ2v) is 33.7. The molecular formula is C86H96O8S6. The van der Waals surface area contributed by atoms with Crippen molar-refractivity contribution in [2.45, 2.75) is 155 Å². The number of ether oxygens (including phenoxy) is 8. The minimum atomic E-state index is 0.466. The van der Waals surface area contributed by atoms with E-state index < -0.39 is 0 Å². The predicted octanol–water partition coefficient (Wildman–Crippen LogP) is 26.6. The average Bonchev–Trinajstić information content (AvgIpc) is 1.27. The van der Waals surface area contributed by atoms with Crippen LogP contribution in [0.15, 0.2) is 95.7 Å². The van der Waals surface area contributed by atoms with Gasteiger partial charge in [0.2, 0.25) is 0 Å². The zero-order valence-electron chi connectivity index (χ0n) is 59.0. The SMILES string of the molecule is CCCCCCCCCCCCc1cc2c(s1)c1c3ccsc3c3c4sc(-c5ccc(OCCOCCOCCOC)cc5)cc4c4c5cc(-c6ccc(OCCOCCOCCOC)cc6)sc5c5c6ccsc6c6c7sc(CCCCCCCCCCCC)cc7c2c2c1c3c4c5c62. The highest BCUT2D eigenvalue weighted by Crippen LogP contribution is 2.63. The molecule has 14 heteroatoms. The van der Waals surface area contributed by atoms with E-state index in [2.05, 4.69) is 132 Å². The van der Waals surface area contributed by atoms with Gasteiger partial charge in [-0.2, -0.15) is 0 Å². The third-order valence-corrected chi connectivity index (χ3v) is 27.5. The molecule has 0 unspecified atom stereocenters. The first-order chi connectivity index (χ1) is 49.6. The second kappa shape index (κ2) is 33.5. The molecule has 15 aromatic rings. The van der Waals surface area contributed by atoms with E-state index in [0.717, 1.165) is 24.3 Å². The first-order valence-electron chi connectivity index (χ1n) is 37.5. The van der Waals surface area contributed by atoms with Gasteiger partial charge in [-0.3, -0.25) is 0 Å². The zero-order valence-corrected chi connectivity index (χ0v) is 63.9.